The molecule has 98 valence electrons. The number of rotatable bonds is 1. The molecule has 4 nitrogen and oxygen atoms in total. The van der Waals surface area contributed by atoms with E-state index in [0.29, 0.717) is 10.3 Å². The lowest BCUT2D eigenvalue weighted by Gasteiger charge is -2.07. The van der Waals surface area contributed by atoms with Crippen LogP contribution in [0.2, 0.25) is 0 Å². The van der Waals surface area contributed by atoms with E-state index >= 15 is 0 Å². The van der Waals surface area contributed by atoms with Crippen LogP contribution in [0.15, 0.2) is 34.9 Å². The van der Waals surface area contributed by atoms with Gasteiger partial charge in [0.15, 0.2) is 10.4 Å². The van der Waals surface area contributed by atoms with Gasteiger partial charge in [0, 0.05) is 10.7 Å². The van der Waals surface area contributed by atoms with E-state index in [9.17, 15) is 0 Å². The predicted molar refractivity (Wildman–Crippen MR) is 83.4 cm³/mol. The molecule has 0 aliphatic carbocycles. The molecule has 1 N–H and O–H groups in total. The monoisotopic (exact) mass is 344 g/mol. The Kier molecular flexibility index (Phi) is 3.16. The smallest absolute Gasteiger partial charge is 0.184 e. The first-order valence-corrected chi connectivity index (χ1v) is 7.07. The van der Waals surface area contributed by atoms with Crippen LogP contribution in [0.3, 0.4) is 0 Å². The summed E-state index contributed by atoms with van der Waals surface area (Å²) in [5, 5.41) is 8.92. The molecule has 3 aromatic rings. The van der Waals surface area contributed by atoms with Crippen LogP contribution < -0.4 is 0 Å². The Bertz CT molecular complexity index is 917. The van der Waals surface area contributed by atoms with Gasteiger partial charge in [-0.1, -0.05) is 0 Å². The lowest BCUT2D eigenvalue weighted by atomic mass is 10.2. The van der Waals surface area contributed by atoms with Crippen molar-refractivity contribution in [2.75, 3.05) is 0 Å². The van der Waals surface area contributed by atoms with E-state index in [-0.39, 0.29) is 0 Å². The van der Waals surface area contributed by atoms with E-state index in [1.165, 1.54) is 0 Å². The molecule has 2 aromatic heterocycles. The number of nitrogens with one attached hydrogen (secondary N) is 1. The molecule has 0 saturated carbocycles. The molecular weight excluding hydrogens is 336 g/mol. The molecule has 0 aliphatic rings. The quantitative estimate of drug-likeness (QED) is 0.678. The zero-order valence-electron chi connectivity index (χ0n) is 10.5. The fourth-order valence-electron chi connectivity index (χ4n) is 2.08. The number of hydrogen-bond donors (Lipinski definition) is 1. The normalized spacial score (nSPS) is 10.7. The van der Waals surface area contributed by atoms with Gasteiger partial charge in [-0.15, -0.1) is 0 Å². The van der Waals surface area contributed by atoms with Gasteiger partial charge in [0.05, 0.1) is 22.8 Å². The van der Waals surface area contributed by atoms with Crippen molar-refractivity contribution in [3.05, 3.63) is 50.8 Å². The van der Waals surface area contributed by atoms with E-state index in [0.717, 1.165) is 26.9 Å². The summed E-state index contributed by atoms with van der Waals surface area (Å²) >= 11 is 8.86. The Morgan fingerprint density at radius 2 is 2.20 bits per heavy atom. The van der Waals surface area contributed by atoms with Gasteiger partial charge in [-0.25, -0.2) is 4.98 Å². The molecule has 0 radical (unpaired) electrons. The Morgan fingerprint density at radius 1 is 1.40 bits per heavy atom. The molecule has 0 amide bonds. The SMILES string of the molecule is Cc1cnc2c(c1)[nH]c(=S)n2-c1ccc(C#N)cc1Br. The van der Waals surface area contributed by atoms with Gasteiger partial charge >= 0.3 is 0 Å². The second-order valence-corrected chi connectivity index (χ2v) is 5.67. The number of aromatic amines is 1. The van der Waals surface area contributed by atoms with E-state index in [1.54, 1.807) is 18.3 Å². The minimum atomic E-state index is 0.573. The van der Waals surface area contributed by atoms with Crippen LogP contribution in [0.1, 0.15) is 11.1 Å². The van der Waals surface area contributed by atoms with E-state index in [2.05, 4.69) is 32.0 Å². The lowest BCUT2D eigenvalue weighted by molar-refractivity contribution is 1.03. The van der Waals surface area contributed by atoms with Crippen molar-refractivity contribution in [3.63, 3.8) is 0 Å². The third-order valence-electron chi connectivity index (χ3n) is 2.98. The highest BCUT2D eigenvalue weighted by Gasteiger charge is 2.11. The molecule has 0 unspecified atom stereocenters. The maximum absolute atomic E-state index is 8.92. The zero-order chi connectivity index (χ0) is 14.3. The molecule has 3 rings (SSSR count). The Morgan fingerprint density at radius 3 is 2.90 bits per heavy atom. The number of hydrogen-bond acceptors (Lipinski definition) is 3. The van der Waals surface area contributed by atoms with Crippen molar-refractivity contribution in [2.24, 2.45) is 0 Å². The number of imidazole rings is 1. The third kappa shape index (κ3) is 2.05. The van der Waals surface area contributed by atoms with Crippen molar-refractivity contribution in [3.8, 4) is 11.8 Å². The number of benzene rings is 1. The summed E-state index contributed by atoms with van der Waals surface area (Å²) in [5.74, 6) is 0. The summed E-state index contributed by atoms with van der Waals surface area (Å²) in [6.45, 7) is 1.98. The topological polar surface area (TPSA) is 57.4 Å². The fourth-order valence-corrected chi connectivity index (χ4v) is 2.93. The van der Waals surface area contributed by atoms with Crippen molar-refractivity contribution in [1.82, 2.24) is 14.5 Å². The molecule has 0 spiro atoms. The predicted octanol–water partition coefficient (Wildman–Crippen LogP) is 4.03. The molecular formula is C14H9BrN4S. The zero-order valence-corrected chi connectivity index (χ0v) is 12.9. The summed E-state index contributed by atoms with van der Waals surface area (Å²) in [6, 6.07) is 9.50. The van der Waals surface area contributed by atoms with Gasteiger partial charge in [0.1, 0.15) is 0 Å². The van der Waals surface area contributed by atoms with E-state index in [1.807, 2.05) is 23.6 Å². The molecule has 0 saturated heterocycles. The molecule has 6 heteroatoms. The highest BCUT2D eigenvalue weighted by atomic mass is 79.9. The summed E-state index contributed by atoms with van der Waals surface area (Å²) in [4.78, 5) is 7.59. The van der Waals surface area contributed by atoms with Gasteiger partial charge in [0.2, 0.25) is 0 Å². The first-order chi connectivity index (χ1) is 9.60. The third-order valence-corrected chi connectivity index (χ3v) is 3.90. The van der Waals surface area contributed by atoms with Gasteiger partial charge in [0.25, 0.3) is 0 Å². The molecule has 0 fully saturated rings. The van der Waals surface area contributed by atoms with Gasteiger partial charge in [-0.2, -0.15) is 5.26 Å². The number of halogens is 1. The van der Waals surface area contributed by atoms with Crippen LogP contribution in [-0.4, -0.2) is 14.5 Å². The number of nitriles is 1. The number of aromatic nitrogens is 3. The maximum Gasteiger partial charge on any atom is 0.184 e. The first kappa shape index (κ1) is 13.0. The number of pyridine rings is 1. The van der Waals surface area contributed by atoms with Crippen LogP contribution in [-0.2, 0) is 0 Å². The maximum atomic E-state index is 8.92. The Balaban J connectivity index is 2.33. The fraction of sp³-hybridized carbons (Fsp3) is 0.0714. The first-order valence-electron chi connectivity index (χ1n) is 5.87. The van der Waals surface area contributed by atoms with E-state index in [4.69, 9.17) is 17.5 Å². The lowest BCUT2D eigenvalue weighted by Crippen LogP contribution is -1.97. The molecule has 0 bridgehead atoms. The highest BCUT2D eigenvalue weighted by molar-refractivity contribution is 9.10. The average Bonchev–Trinajstić information content (AvgIpc) is 2.73. The second-order valence-electron chi connectivity index (χ2n) is 4.43. The summed E-state index contributed by atoms with van der Waals surface area (Å²) in [5.41, 5.74) is 4.18. The second kappa shape index (κ2) is 4.85. The van der Waals surface area contributed by atoms with E-state index < -0.39 is 0 Å². The minimum absolute atomic E-state index is 0.573. The van der Waals surface area contributed by atoms with Gasteiger partial charge in [-0.05, 0) is 64.9 Å². The minimum Gasteiger partial charge on any atom is -0.329 e. The van der Waals surface area contributed by atoms with Crippen LogP contribution in [0.25, 0.3) is 16.9 Å². The summed E-state index contributed by atoms with van der Waals surface area (Å²) in [6.07, 6.45) is 1.80. The molecule has 2 heterocycles. The number of fused-ring (bicyclic) bond motifs is 1. The van der Waals surface area contributed by atoms with Crippen molar-refractivity contribution in [2.45, 2.75) is 6.92 Å². The summed E-state index contributed by atoms with van der Waals surface area (Å²) in [7, 11) is 0. The average molecular weight is 345 g/mol. The largest absolute Gasteiger partial charge is 0.329 e. The number of H-pyrrole nitrogens is 1. The molecule has 0 aliphatic heterocycles. The van der Waals surface area contributed by atoms with Crippen molar-refractivity contribution in [1.29, 1.82) is 5.26 Å². The standard InChI is InChI=1S/C14H9BrN4S/c1-8-4-11-13(17-7-8)19(14(20)18-11)12-3-2-9(6-16)5-10(12)15/h2-5,7H,1H3,(H,18,20). The molecule has 0 atom stereocenters. The van der Waals surface area contributed by atoms with Crippen molar-refractivity contribution >= 4 is 39.3 Å². The Labute approximate surface area is 128 Å². The Hall–Kier alpha value is -1.97. The number of nitrogens with zero attached hydrogens (tertiary/aromatic N) is 3. The van der Waals surface area contributed by atoms with Crippen molar-refractivity contribution < 1.29 is 0 Å². The molecule has 1 aromatic carbocycles. The number of aryl methyl sites for hydroxylation is 1. The highest BCUT2D eigenvalue weighted by Crippen LogP contribution is 2.26. The molecule has 20 heavy (non-hydrogen) atoms. The van der Waals surface area contributed by atoms with Gasteiger partial charge in [-0.3, -0.25) is 4.57 Å². The van der Waals surface area contributed by atoms with Crippen LogP contribution >= 0.6 is 28.1 Å². The summed E-state index contributed by atoms with van der Waals surface area (Å²) < 4.78 is 3.23. The van der Waals surface area contributed by atoms with Crippen LogP contribution in [0.5, 0.6) is 0 Å². The van der Waals surface area contributed by atoms with Crippen LogP contribution in [0.4, 0.5) is 0 Å². The van der Waals surface area contributed by atoms with Gasteiger partial charge < -0.3 is 4.98 Å². The van der Waals surface area contributed by atoms with Crippen LogP contribution in [0, 0.1) is 23.0 Å².